The summed E-state index contributed by atoms with van der Waals surface area (Å²) < 4.78 is 12.0. The van der Waals surface area contributed by atoms with Crippen LogP contribution in [-0.2, 0) is 9.47 Å². The Kier molecular flexibility index (Phi) is 6.70. The van der Waals surface area contributed by atoms with Gasteiger partial charge in [0.1, 0.15) is 0 Å². The number of rotatable bonds is 7. The van der Waals surface area contributed by atoms with Gasteiger partial charge in [0, 0.05) is 42.9 Å². The van der Waals surface area contributed by atoms with Crippen LogP contribution in [0.1, 0.15) is 36.0 Å². The van der Waals surface area contributed by atoms with Crippen molar-refractivity contribution >= 4 is 21.7 Å². The predicted molar refractivity (Wildman–Crippen MR) is 82.1 cm³/mol. The van der Waals surface area contributed by atoms with Crippen LogP contribution in [-0.4, -0.2) is 32.2 Å². The second-order valence-corrected chi connectivity index (χ2v) is 6.08. The van der Waals surface area contributed by atoms with E-state index in [-0.39, 0.29) is 5.78 Å². The lowest BCUT2D eigenvalue weighted by Gasteiger charge is -2.21. The number of carbonyl (C=O) groups is 1. The van der Waals surface area contributed by atoms with E-state index < -0.39 is 0 Å². The molecular weight excluding hydrogens is 320 g/mol. The monoisotopic (exact) mass is 340 g/mol. The third-order valence-electron chi connectivity index (χ3n) is 3.55. The number of carbonyl (C=O) groups excluding carboxylic acids is 1. The van der Waals surface area contributed by atoms with Crippen molar-refractivity contribution in [2.24, 2.45) is 5.92 Å². The SMILES string of the molecule is O=C(CCCOCC1CCOCC1)c1ccc(Br)cc1. The number of hydrogen-bond acceptors (Lipinski definition) is 3. The van der Waals surface area contributed by atoms with Crippen molar-refractivity contribution in [1.82, 2.24) is 0 Å². The highest BCUT2D eigenvalue weighted by Gasteiger charge is 2.13. The fourth-order valence-electron chi connectivity index (χ4n) is 2.28. The minimum atomic E-state index is 0.187. The molecule has 4 heteroatoms. The molecule has 0 N–H and O–H groups in total. The summed E-state index contributed by atoms with van der Waals surface area (Å²) in [5.74, 6) is 0.818. The Morgan fingerprint density at radius 1 is 1.25 bits per heavy atom. The maximum Gasteiger partial charge on any atom is 0.162 e. The Bertz CT molecular complexity index is 410. The van der Waals surface area contributed by atoms with E-state index in [4.69, 9.17) is 9.47 Å². The first kappa shape index (κ1) is 15.7. The molecule has 0 amide bonds. The highest BCUT2D eigenvalue weighted by atomic mass is 79.9. The summed E-state index contributed by atoms with van der Waals surface area (Å²) in [5.41, 5.74) is 0.776. The summed E-state index contributed by atoms with van der Waals surface area (Å²) in [7, 11) is 0. The number of ketones is 1. The zero-order valence-corrected chi connectivity index (χ0v) is 13.2. The Morgan fingerprint density at radius 3 is 2.65 bits per heavy atom. The lowest BCUT2D eigenvalue weighted by atomic mass is 10.0. The molecule has 0 unspecified atom stereocenters. The standard InChI is InChI=1S/C16H21BrO3/c17-15-5-3-14(4-6-15)16(18)2-1-9-20-12-13-7-10-19-11-8-13/h3-6,13H,1-2,7-12H2. The van der Waals surface area contributed by atoms with Gasteiger partial charge in [-0.05, 0) is 37.3 Å². The van der Waals surface area contributed by atoms with Crippen LogP contribution >= 0.6 is 15.9 Å². The summed E-state index contributed by atoms with van der Waals surface area (Å²) in [5, 5.41) is 0. The fourth-order valence-corrected chi connectivity index (χ4v) is 2.54. The van der Waals surface area contributed by atoms with E-state index in [9.17, 15) is 4.79 Å². The lowest BCUT2D eigenvalue weighted by molar-refractivity contribution is 0.0199. The minimum absolute atomic E-state index is 0.187. The van der Waals surface area contributed by atoms with E-state index in [0.29, 0.717) is 18.9 Å². The summed E-state index contributed by atoms with van der Waals surface area (Å²) in [6.45, 7) is 3.18. The average Bonchev–Trinajstić information content (AvgIpc) is 2.48. The van der Waals surface area contributed by atoms with Crippen molar-refractivity contribution in [1.29, 1.82) is 0 Å². The Labute approximate surface area is 128 Å². The zero-order chi connectivity index (χ0) is 14.2. The van der Waals surface area contributed by atoms with Crippen LogP contribution in [0.25, 0.3) is 0 Å². The van der Waals surface area contributed by atoms with Crippen molar-refractivity contribution in [2.75, 3.05) is 26.4 Å². The van der Waals surface area contributed by atoms with E-state index in [1.807, 2.05) is 24.3 Å². The fraction of sp³-hybridized carbons (Fsp3) is 0.562. The molecule has 1 saturated heterocycles. The summed E-state index contributed by atoms with van der Waals surface area (Å²) in [6, 6.07) is 7.51. The highest BCUT2D eigenvalue weighted by molar-refractivity contribution is 9.10. The molecule has 1 aromatic rings. The first-order chi connectivity index (χ1) is 9.75. The van der Waals surface area contributed by atoms with Gasteiger partial charge in [0.25, 0.3) is 0 Å². The van der Waals surface area contributed by atoms with Gasteiger partial charge in [-0.3, -0.25) is 4.79 Å². The van der Waals surface area contributed by atoms with Crippen molar-refractivity contribution < 1.29 is 14.3 Å². The van der Waals surface area contributed by atoms with Crippen molar-refractivity contribution in [3.05, 3.63) is 34.3 Å². The average molecular weight is 341 g/mol. The second kappa shape index (κ2) is 8.55. The van der Waals surface area contributed by atoms with Crippen LogP contribution in [0.4, 0.5) is 0 Å². The Balaban J connectivity index is 1.58. The summed E-state index contributed by atoms with van der Waals surface area (Å²) >= 11 is 3.37. The molecule has 0 aromatic heterocycles. The molecule has 3 nitrogen and oxygen atoms in total. The van der Waals surface area contributed by atoms with Gasteiger partial charge in [-0.2, -0.15) is 0 Å². The molecule has 0 saturated carbocycles. The predicted octanol–water partition coefficient (Wildman–Crippen LogP) is 3.86. The molecule has 0 spiro atoms. The van der Waals surface area contributed by atoms with Gasteiger partial charge in [0.2, 0.25) is 0 Å². The molecule has 0 radical (unpaired) electrons. The maximum atomic E-state index is 11.9. The quantitative estimate of drug-likeness (QED) is 0.558. The first-order valence-electron chi connectivity index (χ1n) is 7.20. The van der Waals surface area contributed by atoms with Crippen molar-refractivity contribution in [3.63, 3.8) is 0 Å². The normalized spacial score (nSPS) is 16.2. The van der Waals surface area contributed by atoms with E-state index >= 15 is 0 Å². The number of hydrogen-bond donors (Lipinski definition) is 0. The van der Waals surface area contributed by atoms with E-state index in [0.717, 1.165) is 49.1 Å². The Hall–Kier alpha value is -0.710. The number of ether oxygens (including phenoxy) is 2. The zero-order valence-electron chi connectivity index (χ0n) is 11.6. The molecule has 1 aromatic carbocycles. The largest absolute Gasteiger partial charge is 0.381 e. The molecule has 20 heavy (non-hydrogen) atoms. The molecular formula is C16H21BrO3. The van der Waals surface area contributed by atoms with Crippen LogP contribution in [0.2, 0.25) is 0 Å². The van der Waals surface area contributed by atoms with Crippen LogP contribution in [0.15, 0.2) is 28.7 Å². The number of Topliss-reactive ketones (excluding diaryl/α,β-unsaturated/α-hetero) is 1. The minimum Gasteiger partial charge on any atom is -0.381 e. The van der Waals surface area contributed by atoms with Crippen LogP contribution in [0, 0.1) is 5.92 Å². The number of benzene rings is 1. The van der Waals surface area contributed by atoms with Gasteiger partial charge in [0.15, 0.2) is 5.78 Å². The summed E-state index contributed by atoms with van der Waals surface area (Å²) in [6.07, 6.45) is 3.53. The molecule has 0 aliphatic carbocycles. The van der Waals surface area contributed by atoms with Gasteiger partial charge < -0.3 is 9.47 Å². The van der Waals surface area contributed by atoms with Crippen LogP contribution in [0.3, 0.4) is 0 Å². The smallest absolute Gasteiger partial charge is 0.162 e. The van der Waals surface area contributed by atoms with Gasteiger partial charge in [0.05, 0.1) is 0 Å². The molecule has 0 atom stereocenters. The molecule has 1 aliphatic heterocycles. The molecule has 1 aliphatic rings. The van der Waals surface area contributed by atoms with Gasteiger partial charge in [-0.25, -0.2) is 0 Å². The summed E-state index contributed by atoms with van der Waals surface area (Å²) in [4.78, 5) is 11.9. The number of halogens is 1. The van der Waals surface area contributed by atoms with Crippen molar-refractivity contribution in [3.8, 4) is 0 Å². The van der Waals surface area contributed by atoms with Gasteiger partial charge in [-0.15, -0.1) is 0 Å². The van der Waals surface area contributed by atoms with Crippen LogP contribution < -0.4 is 0 Å². The third-order valence-corrected chi connectivity index (χ3v) is 4.08. The topological polar surface area (TPSA) is 35.5 Å². The lowest BCUT2D eigenvalue weighted by Crippen LogP contribution is -2.20. The molecule has 0 bridgehead atoms. The van der Waals surface area contributed by atoms with E-state index in [2.05, 4.69) is 15.9 Å². The molecule has 1 fully saturated rings. The van der Waals surface area contributed by atoms with E-state index in [1.165, 1.54) is 0 Å². The second-order valence-electron chi connectivity index (χ2n) is 5.16. The first-order valence-corrected chi connectivity index (χ1v) is 7.99. The molecule has 1 heterocycles. The maximum absolute atomic E-state index is 11.9. The molecule has 2 rings (SSSR count). The Morgan fingerprint density at radius 2 is 1.95 bits per heavy atom. The van der Waals surface area contributed by atoms with Crippen molar-refractivity contribution in [2.45, 2.75) is 25.7 Å². The highest BCUT2D eigenvalue weighted by Crippen LogP contribution is 2.15. The molecule has 110 valence electrons. The third kappa shape index (κ3) is 5.35. The van der Waals surface area contributed by atoms with Gasteiger partial charge in [-0.1, -0.05) is 28.1 Å². The van der Waals surface area contributed by atoms with Gasteiger partial charge >= 0.3 is 0 Å². The van der Waals surface area contributed by atoms with E-state index in [1.54, 1.807) is 0 Å². The van der Waals surface area contributed by atoms with Crippen LogP contribution in [0.5, 0.6) is 0 Å².